The van der Waals surface area contributed by atoms with Crippen molar-refractivity contribution in [3.8, 4) is 0 Å². The lowest BCUT2D eigenvalue weighted by molar-refractivity contribution is -0.149. The molecule has 0 aliphatic rings. The van der Waals surface area contributed by atoms with Gasteiger partial charge in [0.25, 0.3) is 0 Å². The molecule has 0 amide bonds. The van der Waals surface area contributed by atoms with Gasteiger partial charge in [-0.15, -0.1) is 0 Å². The second-order valence-corrected chi connectivity index (χ2v) is 5.68. The lowest BCUT2D eigenvalue weighted by atomic mass is 9.77. The van der Waals surface area contributed by atoms with Crippen LogP contribution in [0.1, 0.15) is 44.7 Å². The molecule has 0 saturated heterocycles. The molecule has 0 fully saturated rings. The summed E-state index contributed by atoms with van der Waals surface area (Å²) in [4.78, 5) is 12.3. The van der Waals surface area contributed by atoms with E-state index < -0.39 is 5.41 Å². The van der Waals surface area contributed by atoms with Crippen LogP contribution in [-0.2, 0) is 14.9 Å². The average Bonchev–Trinajstić information content (AvgIpc) is 2.32. The third-order valence-electron chi connectivity index (χ3n) is 3.27. The molecule has 0 saturated carbocycles. The molecular formula is C15H21BrO2. The Morgan fingerprint density at radius 2 is 2.06 bits per heavy atom. The van der Waals surface area contributed by atoms with Gasteiger partial charge in [0.2, 0.25) is 0 Å². The molecule has 0 heterocycles. The third kappa shape index (κ3) is 3.14. The lowest BCUT2D eigenvalue weighted by Gasteiger charge is -2.29. The molecule has 18 heavy (non-hydrogen) atoms. The Bertz CT molecular complexity index is 429. The van der Waals surface area contributed by atoms with Crippen molar-refractivity contribution >= 4 is 21.9 Å². The Balaban J connectivity index is 3.25. The van der Waals surface area contributed by atoms with E-state index in [9.17, 15) is 4.79 Å². The number of benzene rings is 1. The molecule has 0 aliphatic heterocycles. The quantitative estimate of drug-likeness (QED) is 0.754. The van der Waals surface area contributed by atoms with Gasteiger partial charge in [0.15, 0.2) is 0 Å². The maximum Gasteiger partial charge on any atom is 0.316 e. The van der Waals surface area contributed by atoms with E-state index in [0.717, 1.165) is 28.4 Å². The topological polar surface area (TPSA) is 26.3 Å². The van der Waals surface area contributed by atoms with Gasteiger partial charge >= 0.3 is 5.97 Å². The van der Waals surface area contributed by atoms with Crippen LogP contribution in [0.4, 0.5) is 0 Å². The van der Waals surface area contributed by atoms with Gasteiger partial charge in [-0.1, -0.05) is 35.3 Å². The Labute approximate surface area is 118 Å². The smallest absolute Gasteiger partial charge is 0.316 e. The summed E-state index contributed by atoms with van der Waals surface area (Å²) in [5, 5.41) is 0. The predicted octanol–water partition coefficient (Wildman–Crippen LogP) is 4.38. The highest BCUT2D eigenvalue weighted by atomic mass is 79.9. The number of hydrogen-bond donors (Lipinski definition) is 0. The number of ether oxygens (including phenoxy) is 1. The fourth-order valence-corrected chi connectivity index (χ4v) is 2.69. The van der Waals surface area contributed by atoms with Crippen molar-refractivity contribution in [3.05, 3.63) is 33.8 Å². The first-order valence-corrected chi connectivity index (χ1v) is 7.18. The van der Waals surface area contributed by atoms with Crippen molar-refractivity contribution in [2.24, 2.45) is 0 Å². The van der Waals surface area contributed by atoms with E-state index in [1.54, 1.807) is 0 Å². The van der Waals surface area contributed by atoms with E-state index in [-0.39, 0.29) is 5.97 Å². The van der Waals surface area contributed by atoms with E-state index in [4.69, 9.17) is 4.74 Å². The summed E-state index contributed by atoms with van der Waals surface area (Å²) < 4.78 is 6.25. The molecular weight excluding hydrogens is 292 g/mol. The van der Waals surface area contributed by atoms with Crippen LogP contribution in [0, 0.1) is 6.92 Å². The van der Waals surface area contributed by atoms with Gasteiger partial charge < -0.3 is 4.74 Å². The average molecular weight is 313 g/mol. The second kappa shape index (κ2) is 6.37. The van der Waals surface area contributed by atoms with Crippen LogP contribution in [0.2, 0.25) is 0 Å². The minimum absolute atomic E-state index is 0.131. The summed E-state index contributed by atoms with van der Waals surface area (Å²) in [5.74, 6) is -0.131. The molecule has 0 bridgehead atoms. The molecule has 0 N–H and O–H groups in total. The Morgan fingerprint density at radius 1 is 1.39 bits per heavy atom. The molecule has 100 valence electrons. The van der Waals surface area contributed by atoms with Crippen molar-refractivity contribution in [1.29, 1.82) is 0 Å². The summed E-state index contributed by atoms with van der Waals surface area (Å²) in [5.41, 5.74) is 1.62. The SMILES string of the molecule is CCCC(C)(C(=O)OCC)c1cc(Br)ccc1C. The van der Waals surface area contributed by atoms with E-state index in [1.807, 2.05) is 39.0 Å². The molecule has 0 spiro atoms. The summed E-state index contributed by atoms with van der Waals surface area (Å²) in [6.45, 7) is 8.37. The fraction of sp³-hybridized carbons (Fsp3) is 0.533. The van der Waals surface area contributed by atoms with Crippen molar-refractivity contribution in [2.75, 3.05) is 6.61 Å². The highest BCUT2D eigenvalue weighted by molar-refractivity contribution is 9.10. The van der Waals surface area contributed by atoms with Crippen LogP contribution in [0.15, 0.2) is 22.7 Å². The van der Waals surface area contributed by atoms with Gasteiger partial charge in [-0.3, -0.25) is 4.79 Å². The largest absolute Gasteiger partial charge is 0.465 e. The van der Waals surface area contributed by atoms with Crippen LogP contribution in [0.5, 0.6) is 0 Å². The first-order chi connectivity index (χ1) is 8.45. The highest BCUT2D eigenvalue weighted by Crippen LogP contribution is 2.34. The first kappa shape index (κ1) is 15.2. The first-order valence-electron chi connectivity index (χ1n) is 6.39. The zero-order valence-corrected chi connectivity index (χ0v) is 13.1. The van der Waals surface area contributed by atoms with E-state index in [2.05, 4.69) is 22.9 Å². The van der Waals surface area contributed by atoms with Gasteiger partial charge in [-0.2, -0.15) is 0 Å². The number of carbonyl (C=O) groups excluding carboxylic acids is 1. The minimum atomic E-state index is -0.557. The predicted molar refractivity (Wildman–Crippen MR) is 77.8 cm³/mol. The maximum atomic E-state index is 12.3. The number of aryl methyl sites for hydroxylation is 1. The number of esters is 1. The zero-order valence-electron chi connectivity index (χ0n) is 11.5. The summed E-state index contributed by atoms with van der Waals surface area (Å²) in [6, 6.07) is 6.06. The third-order valence-corrected chi connectivity index (χ3v) is 3.76. The molecule has 1 aromatic rings. The van der Waals surface area contributed by atoms with Gasteiger partial charge in [-0.05, 0) is 50.5 Å². The van der Waals surface area contributed by atoms with Crippen molar-refractivity contribution < 1.29 is 9.53 Å². The lowest BCUT2D eigenvalue weighted by Crippen LogP contribution is -2.35. The highest BCUT2D eigenvalue weighted by Gasteiger charge is 2.37. The summed E-state index contributed by atoms with van der Waals surface area (Å²) >= 11 is 3.48. The molecule has 0 aromatic heterocycles. The molecule has 1 unspecified atom stereocenters. The number of carbonyl (C=O) groups is 1. The fourth-order valence-electron chi connectivity index (χ4n) is 2.33. The number of rotatable bonds is 5. The summed E-state index contributed by atoms with van der Waals surface area (Å²) in [7, 11) is 0. The van der Waals surface area contributed by atoms with Crippen LogP contribution >= 0.6 is 15.9 Å². The molecule has 1 atom stereocenters. The maximum absolute atomic E-state index is 12.3. The van der Waals surface area contributed by atoms with Crippen molar-refractivity contribution in [1.82, 2.24) is 0 Å². The Kier molecular flexibility index (Phi) is 5.39. The van der Waals surface area contributed by atoms with Crippen LogP contribution in [-0.4, -0.2) is 12.6 Å². The molecule has 2 nitrogen and oxygen atoms in total. The van der Waals surface area contributed by atoms with Crippen LogP contribution in [0.3, 0.4) is 0 Å². The molecule has 0 radical (unpaired) electrons. The van der Waals surface area contributed by atoms with Crippen molar-refractivity contribution in [2.45, 2.75) is 46.0 Å². The van der Waals surface area contributed by atoms with Gasteiger partial charge in [-0.25, -0.2) is 0 Å². The van der Waals surface area contributed by atoms with Crippen molar-refractivity contribution in [3.63, 3.8) is 0 Å². The van der Waals surface area contributed by atoms with E-state index in [1.165, 1.54) is 0 Å². The molecule has 1 aromatic carbocycles. The van der Waals surface area contributed by atoms with E-state index in [0.29, 0.717) is 6.61 Å². The normalized spacial score (nSPS) is 14.1. The van der Waals surface area contributed by atoms with Crippen LogP contribution < -0.4 is 0 Å². The molecule has 0 aliphatic carbocycles. The Morgan fingerprint density at radius 3 is 2.61 bits per heavy atom. The Hall–Kier alpha value is -0.830. The monoisotopic (exact) mass is 312 g/mol. The van der Waals surface area contributed by atoms with Gasteiger partial charge in [0, 0.05) is 4.47 Å². The van der Waals surface area contributed by atoms with Gasteiger partial charge in [0.05, 0.1) is 12.0 Å². The standard InChI is InChI=1S/C15H21BrO2/c1-5-9-15(4,14(17)18-6-2)13-10-12(16)8-7-11(13)3/h7-8,10H,5-6,9H2,1-4H3. The molecule has 3 heteroatoms. The van der Waals surface area contributed by atoms with Gasteiger partial charge in [0.1, 0.15) is 0 Å². The molecule has 1 rings (SSSR count). The number of hydrogen-bond acceptors (Lipinski definition) is 2. The summed E-state index contributed by atoms with van der Waals surface area (Å²) in [6.07, 6.45) is 1.74. The van der Waals surface area contributed by atoms with Crippen LogP contribution in [0.25, 0.3) is 0 Å². The number of halogens is 1. The second-order valence-electron chi connectivity index (χ2n) is 4.76. The zero-order chi connectivity index (χ0) is 13.8. The minimum Gasteiger partial charge on any atom is -0.465 e. The van der Waals surface area contributed by atoms with E-state index >= 15 is 0 Å².